The van der Waals surface area contributed by atoms with Gasteiger partial charge in [-0.2, -0.15) is 0 Å². The average molecular weight is 301 g/mol. The molecule has 1 aromatic carbocycles. The van der Waals surface area contributed by atoms with E-state index in [4.69, 9.17) is 0 Å². The maximum absolute atomic E-state index is 12.4. The second-order valence-electron chi connectivity index (χ2n) is 6.42. The van der Waals surface area contributed by atoms with Crippen molar-refractivity contribution in [3.8, 4) is 0 Å². The van der Waals surface area contributed by atoms with Gasteiger partial charge in [-0.25, -0.2) is 0 Å². The van der Waals surface area contributed by atoms with Crippen LogP contribution in [-0.4, -0.2) is 55.0 Å². The third kappa shape index (κ3) is 3.68. The van der Waals surface area contributed by atoms with Gasteiger partial charge >= 0.3 is 0 Å². The van der Waals surface area contributed by atoms with Gasteiger partial charge in [0.25, 0.3) is 0 Å². The third-order valence-electron chi connectivity index (χ3n) is 4.98. The van der Waals surface area contributed by atoms with E-state index in [0.29, 0.717) is 6.54 Å². The summed E-state index contributed by atoms with van der Waals surface area (Å²) >= 11 is 0. The van der Waals surface area contributed by atoms with Crippen LogP contribution < -0.4 is 5.32 Å². The number of carbonyl (C=O) groups excluding carboxylic acids is 1. The highest BCUT2D eigenvalue weighted by Gasteiger charge is 2.23. The standard InChI is InChI=1S/C18H27N3O/c1-2-20-10-12-21(13-11-20)14-18(22)19-17-9-5-7-15-6-3-4-8-16(15)17/h3-4,6,8,17H,2,5,7,9-14H2,1H3,(H,19,22)/t17-/m0/s1. The lowest BCUT2D eigenvalue weighted by molar-refractivity contribution is -0.123. The molecule has 22 heavy (non-hydrogen) atoms. The Labute approximate surface area is 133 Å². The molecule has 1 heterocycles. The van der Waals surface area contributed by atoms with E-state index in [1.165, 1.54) is 11.1 Å². The number of amides is 1. The Morgan fingerprint density at radius 3 is 2.68 bits per heavy atom. The van der Waals surface area contributed by atoms with E-state index in [1.807, 2.05) is 0 Å². The van der Waals surface area contributed by atoms with Crippen molar-refractivity contribution in [2.45, 2.75) is 32.2 Å². The van der Waals surface area contributed by atoms with E-state index in [-0.39, 0.29) is 11.9 Å². The third-order valence-corrected chi connectivity index (χ3v) is 4.98. The van der Waals surface area contributed by atoms with Crippen molar-refractivity contribution >= 4 is 5.91 Å². The van der Waals surface area contributed by atoms with Crippen molar-refractivity contribution < 1.29 is 4.79 Å². The van der Waals surface area contributed by atoms with Gasteiger partial charge in [0.2, 0.25) is 5.91 Å². The molecule has 4 nitrogen and oxygen atoms in total. The lowest BCUT2D eigenvalue weighted by Crippen LogP contribution is -2.49. The van der Waals surface area contributed by atoms with Gasteiger partial charge in [0.05, 0.1) is 12.6 Å². The first-order valence-electron chi connectivity index (χ1n) is 8.58. The second kappa shape index (κ2) is 7.25. The minimum atomic E-state index is 0.173. The maximum atomic E-state index is 12.4. The highest BCUT2D eigenvalue weighted by atomic mass is 16.2. The fourth-order valence-electron chi connectivity index (χ4n) is 3.61. The SMILES string of the molecule is CCN1CCN(CC(=O)N[C@H]2CCCc3ccccc32)CC1. The van der Waals surface area contributed by atoms with Crippen LogP contribution in [0, 0.1) is 0 Å². The fourth-order valence-corrected chi connectivity index (χ4v) is 3.61. The highest BCUT2D eigenvalue weighted by Crippen LogP contribution is 2.29. The van der Waals surface area contributed by atoms with Crippen molar-refractivity contribution in [3.63, 3.8) is 0 Å². The second-order valence-corrected chi connectivity index (χ2v) is 6.42. The molecular weight excluding hydrogens is 274 g/mol. The number of likely N-dealkylation sites (N-methyl/N-ethyl adjacent to an activating group) is 1. The summed E-state index contributed by atoms with van der Waals surface area (Å²) in [5.74, 6) is 0.173. The van der Waals surface area contributed by atoms with Gasteiger partial charge in [-0.3, -0.25) is 9.69 Å². The zero-order valence-corrected chi connectivity index (χ0v) is 13.6. The first-order chi connectivity index (χ1) is 10.8. The molecule has 1 atom stereocenters. The maximum Gasteiger partial charge on any atom is 0.234 e. The van der Waals surface area contributed by atoms with Crippen molar-refractivity contribution in [1.29, 1.82) is 0 Å². The Hall–Kier alpha value is -1.39. The summed E-state index contributed by atoms with van der Waals surface area (Å²) in [6.45, 7) is 8.01. The Morgan fingerprint density at radius 1 is 1.18 bits per heavy atom. The number of aryl methyl sites for hydroxylation is 1. The normalized spacial score (nSPS) is 23.0. The van der Waals surface area contributed by atoms with E-state index in [1.54, 1.807) is 0 Å². The summed E-state index contributed by atoms with van der Waals surface area (Å²) < 4.78 is 0. The van der Waals surface area contributed by atoms with Gasteiger partial charge in [0.1, 0.15) is 0 Å². The van der Waals surface area contributed by atoms with Crippen LogP contribution in [0.5, 0.6) is 0 Å². The van der Waals surface area contributed by atoms with Crippen LogP contribution in [0.1, 0.15) is 36.9 Å². The summed E-state index contributed by atoms with van der Waals surface area (Å²) in [7, 11) is 0. The predicted molar refractivity (Wildman–Crippen MR) is 88.8 cm³/mol. The number of fused-ring (bicyclic) bond motifs is 1. The first-order valence-corrected chi connectivity index (χ1v) is 8.58. The molecule has 3 rings (SSSR count). The van der Waals surface area contributed by atoms with Crippen LogP contribution >= 0.6 is 0 Å². The van der Waals surface area contributed by atoms with Crippen molar-refractivity contribution in [2.24, 2.45) is 0 Å². The number of benzene rings is 1. The van der Waals surface area contributed by atoms with Crippen LogP contribution in [0.3, 0.4) is 0 Å². The molecule has 0 unspecified atom stereocenters. The monoisotopic (exact) mass is 301 g/mol. The molecule has 1 N–H and O–H groups in total. The summed E-state index contributed by atoms with van der Waals surface area (Å²) in [4.78, 5) is 17.1. The fraction of sp³-hybridized carbons (Fsp3) is 0.611. The molecule has 0 radical (unpaired) electrons. The zero-order valence-electron chi connectivity index (χ0n) is 13.6. The molecule has 1 aromatic rings. The molecule has 0 saturated carbocycles. The van der Waals surface area contributed by atoms with Crippen LogP contribution in [0.25, 0.3) is 0 Å². The van der Waals surface area contributed by atoms with E-state index in [0.717, 1.165) is 52.0 Å². The molecule has 0 bridgehead atoms. The Morgan fingerprint density at radius 2 is 1.91 bits per heavy atom. The molecule has 4 heteroatoms. The van der Waals surface area contributed by atoms with Crippen LogP contribution in [0.4, 0.5) is 0 Å². The molecule has 0 spiro atoms. The Bertz CT molecular complexity index is 509. The quantitative estimate of drug-likeness (QED) is 0.921. The first kappa shape index (κ1) is 15.5. The van der Waals surface area contributed by atoms with Gasteiger partial charge < -0.3 is 10.2 Å². The minimum absolute atomic E-state index is 0.173. The molecular formula is C18H27N3O. The number of piperazine rings is 1. The number of carbonyl (C=O) groups is 1. The topological polar surface area (TPSA) is 35.6 Å². The van der Waals surface area contributed by atoms with Gasteiger partial charge in [0.15, 0.2) is 0 Å². The van der Waals surface area contributed by atoms with Gasteiger partial charge in [-0.1, -0.05) is 31.2 Å². The van der Waals surface area contributed by atoms with Crippen molar-refractivity contribution in [2.75, 3.05) is 39.3 Å². The predicted octanol–water partition coefficient (Wildman–Crippen LogP) is 1.82. The molecule has 120 valence electrons. The van der Waals surface area contributed by atoms with Crippen LogP contribution in [0.2, 0.25) is 0 Å². The van der Waals surface area contributed by atoms with Gasteiger partial charge in [-0.15, -0.1) is 0 Å². The average Bonchev–Trinajstić information content (AvgIpc) is 2.56. The van der Waals surface area contributed by atoms with E-state index in [9.17, 15) is 4.79 Å². The summed E-state index contributed by atoms with van der Waals surface area (Å²) in [5, 5.41) is 3.25. The molecule has 1 fully saturated rings. The molecule has 2 aliphatic rings. The smallest absolute Gasteiger partial charge is 0.234 e. The van der Waals surface area contributed by atoms with E-state index in [2.05, 4.69) is 46.3 Å². The molecule has 1 saturated heterocycles. The molecule has 1 aliphatic carbocycles. The number of hydrogen-bond acceptors (Lipinski definition) is 3. The molecule has 1 aliphatic heterocycles. The van der Waals surface area contributed by atoms with Crippen LogP contribution in [0.15, 0.2) is 24.3 Å². The number of nitrogens with zero attached hydrogens (tertiary/aromatic N) is 2. The van der Waals surface area contributed by atoms with E-state index < -0.39 is 0 Å². The van der Waals surface area contributed by atoms with Gasteiger partial charge in [-0.05, 0) is 36.9 Å². The minimum Gasteiger partial charge on any atom is -0.348 e. The Kier molecular flexibility index (Phi) is 5.11. The lowest BCUT2D eigenvalue weighted by Gasteiger charge is -2.34. The highest BCUT2D eigenvalue weighted by molar-refractivity contribution is 5.78. The van der Waals surface area contributed by atoms with Gasteiger partial charge in [0, 0.05) is 26.2 Å². The number of hydrogen-bond donors (Lipinski definition) is 1. The zero-order chi connectivity index (χ0) is 15.4. The summed E-state index contributed by atoms with van der Waals surface area (Å²) in [6.07, 6.45) is 3.37. The molecule has 1 amide bonds. The summed E-state index contributed by atoms with van der Waals surface area (Å²) in [6, 6.07) is 8.73. The number of nitrogens with one attached hydrogen (secondary N) is 1. The Balaban J connectivity index is 1.53. The van der Waals surface area contributed by atoms with Crippen LogP contribution in [-0.2, 0) is 11.2 Å². The lowest BCUT2D eigenvalue weighted by atomic mass is 9.88. The summed E-state index contributed by atoms with van der Waals surface area (Å²) in [5.41, 5.74) is 2.72. The van der Waals surface area contributed by atoms with Crippen molar-refractivity contribution in [1.82, 2.24) is 15.1 Å². The number of rotatable bonds is 4. The van der Waals surface area contributed by atoms with E-state index >= 15 is 0 Å². The van der Waals surface area contributed by atoms with Crippen molar-refractivity contribution in [3.05, 3.63) is 35.4 Å². The molecule has 0 aromatic heterocycles. The largest absolute Gasteiger partial charge is 0.348 e.